The number of hydrogen-bond acceptors (Lipinski definition) is 4. The molecule has 0 bridgehead atoms. The molecule has 0 saturated heterocycles. The first-order valence-electron chi connectivity index (χ1n) is 3.38. The Hall–Kier alpha value is -1.99. The van der Waals surface area contributed by atoms with E-state index in [9.17, 15) is 23.7 Å². The molecular formula is C6H5F2N3O3. The highest BCUT2D eigenvalue weighted by molar-refractivity contribution is 5.57. The van der Waals surface area contributed by atoms with Crippen LogP contribution in [0, 0.1) is 10.1 Å². The fraction of sp³-hybridized carbons (Fsp3) is 0.167. The van der Waals surface area contributed by atoms with Crippen LogP contribution < -0.4 is 11.3 Å². The van der Waals surface area contributed by atoms with E-state index < -0.39 is 34.0 Å². The van der Waals surface area contributed by atoms with Gasteiger partial charge in [0, 0.05) is 6.07 Å². The van der Waals surface area contributed by atoms with Gasteiger partial charge >= 0.3 is 5.69 Å². The SMILES string of the molecule is Nc1[nH]c(=O)cc(C(F)F)c1[N+](=O)[O-]. The molecular weight excluding hydrogens is 200 g/mol. The van der Waals surface area contributed by atoms with Crippen LogP contribution in [0.3, 0.4) is 0 Å². The standard InChI is InChI=1S/C6H5F2N3O3/c7-5(8)2-1-3(12)10-6(9)4(2)11(13)14/h1,5H,(H3,9,10,12). The number of hydrogen-bond donors (Lipinski definition) is 2. The minimum atomic E-state index is -3.11. The van der Waals surface area contributed by atoms with Crippen LogP contribution in [0.2, 0.25) is 0 Å². The monoisotopic (exact) mass is 205 g/mol. The first kappa shape index (κ1) is 10.1. The molecule has 6 nitrogen and oxygen atoms in total. The van der Waals surface area contributed by atoms with Crippen LogP contribution in [0.15, 0.2) is 10.9 Å². The van der Waals surface area contributed by atoms with Gasteiger partial charge in [-0.05, 0) is 0 Å². The van der Waals surface area contributed by atoms with Gasteiger partial charge < -0.3 is 10.7 Å². The molecule has 1 heterocycles. The summed E-state index contributed by atoms with van der Waals surface area (Å²) in [5.74, 6) is -0.669. The molecule has 0 aliphatic rings. The third-order valence-corrected chi connectivity index (χ3v) is 1.49. The van der Waals surface area contributed by atoms with Gasteiger partial charge in [0.25, 0.3) is 6.43 Å². The second-order valence-corrected chi connectivity index (χ2v) is 2.41. The van der Waals surface area contributed by atoms with E-state index in [1.54, 1.807) is 0 Å². The average Bonchev–Trinajstić information content (AvgIpc) is 2.01. The number of pyridine rings is 1. The molecule has 14 heavy (non-hydrogen) atoms. The summed E-state index contributed by atoms with van der Waals surface area (Å²) in [5.41, 5.74) is 2.20. The van der Waals surface area contributed by atoms with Gasteiger partial charge in [-0.1, -0.05) is 0 Å². The average molecular weight is 205 g/mol. The number of aromatic amines is 1. The summed E-state index contributed by atoms with van der Waals surface area (Å²) in [5, 5.41) is 10.3. The Morgan fingerprint density at radius 3 is 2.57 bits per heavy atom. The molecule has 1 aromatic rings. The molecule has 0 unspecified atom stereocenters. The number of alkyl halides is 2. The highest BCUT2D eigenvalue weighted by Crippen LogP contribution is 2.30. The number of rotatable bonds is 2. The summed E-state index contributed by atoms with van der Waals surface area (Å²) in [6.07, 6.45) is -3.11. The quantitative estimate of drug-likeness (QED) is 0.550. The molecule has 0 atom stereocenters. The van der Waals surface area contributed by atoms with Crippen LogP contribution in [0.4, 0.5) is 20.3 Å². The van der Waals surface area contributed by atoms with E-state index in [0.717, 1.165) is 0 Å². The van der Waals surface area contributed by atoms with Crippen LogP contribution in [0.5, 0.6) is 0 Å². The van der Waals surface area contributed by atoms with Crippen molar-refractivity contribution in [1.29, 1.82) is 0 Å². The molecule has 0 amide bonds. The molecule has 0 saturated carbocycles. The minimum Gasteiger partial charge on any atom is -0.379 e. The number of H-pyrrole nitrogens is 1. The third-order valence-electron chi connectivity index (χ3n) is 1.49. The van der Waals surface area contributed by atoms with E-state index >= 15 is 0 Å². The largest absolute Gasteiger partial charge is 0.379 e. The molecule has 0 spiro atoms. The Kier molecular flexibility index (Phi) is 2.45. The van der Waals surface area contributed by atoms with Gasteiger partial charge in [0.05, 0.1) is 4.92 Å². The van der Waals surface area contributed by atoms with Gasteiger partial charge in [-0.3, -0.25) is 14.9 Å². The molecule has 76 valence electrons. The van der Waals surface area contributed by atoms with Crippen molar-refractivity contribution in [1.82, 2.24) is 4.98 Å². The van der Waals surface area contributed by atoms with Crippen molar-refractivity contribution >= 4 is 11.5 Å². The van der Waals surface area contributed by atoms with Gasteiger partial charge in [0.1, 0.15) is 5.56 Å². The lowest BCUT2D eigenvalue weighted by Gasteiger charge is -2.02. The van der Waals surface area contributed by atoms with Crippen LogP contribution in [-0.2, 0) is 0 Å². The van der Waals surface area contributed by atoms with E-state index in [0.29, 0.717) is 6.07 Å². The summed E-state index contributed by atoms with van der Waals surface area (Å²) in [6.45, 7) is 0. The van der Waals surface area contributed by atoms with Crippen molar-refractivity contribution in [2.45, 2.75) is 6.43 Å². The normalized spacial score (nSPS) is 10.5. The molecule has 0 aromatic carbocycles. The predicted octanol–water partition coefficient (Wildman–Crippen LogP) is 0.803. The second kappa shape index (κ2) is 3.40. The fourth-order valence-corrected chi connectivity index (χ4v) is 0.963. The summed E-state index contributed by atoms with van der Waals surface area (Å²) in [7, 11) is 0. The minimum absolute atomic E-state index is 0.457. The molecule has 0 aliphatic carbocycles. The summed E-state index contributed by atoms with van der Waals surface area (Å²) >= 11 is 0. The van der Waals surface area contributed by atoms with Gasteiger partial charge in [0.15, 0.2) is 5.82 Å². The maximum absolute atomic E-state index is 12.2. The topological polar surface area (TPSA) is 102 Å². The van der Waals surface area contributed by atoms with Gasteiger partial charge in [0.2, 0.25) is 5.56 Å². The lowest BCUT2D eigenvalue weighted by Crippen LogP contribution is -2.13. The smallest absolute Gasteiger partial charge is 0.318 e. The van der Waals surface area contributed by atoms with Crippen molar-refractivity contribution in [2.75, 3.05) is 5.73 Å². The van der Waals surface area contributed by atoms with Gasteiger partial charge in [-0.15, -0.1) is 0 Å². The number of nitrogens with two attached hydrogens (primary N) is 1. The lowest BCUT2D eigenvalue weighted by molar-refractivity contribution is -0.385. The van der Waals surface area contributed by atoms with Crippen molar-refractivity contribution in [2.24, 2.45) is 0 Å². The maximum atomic E-state index is 12.2. The third kappa shape index (κ3) is 1.68. The number of nitrogens with zero attached hydrogens (tertiary/aromatic N) is 1. The first-order valence-corrected chi connectivity index (χ1v) is 3.38. The second-order valence-electron chi connectivity index (χ2n) is 2.41. The maximum Gasteiger partial charge on any atom is 0.318 e. The van der Waals surface area contributed by atoms with Crippen molar-refractivity contribution in [3.63, 3.8) is 0 Å². The van der Waals surface area contributed by atoms with E-state index in [1.807, 2.05) is 4.98 Å². The molecule has 0 aliphatic heterocycles. The number of aromatic nitrogens is 1. The molecule has 0 radical (unpaired) electrons. The zero-order valence-electron chi connectivity index (χ0n) is 6.66. The fourth-order valence-electron chi connectivity index (χ4n) is 0.963. The molecule has 8 heteroatoms. The van der Waals surface area contributed by atoms with Crippen LogP contribution in [-0.4, -0.2) is 9.91 Å². The number of halogens is 2. The Morgan fingerprint density at radius 1 is 1.57 bits per heavy atom. The summed E-state index contributed by atoms with van der Waals surface area (Å²) < 4.78 is 24.5. The van der Waals surface area contributed by atoms with Crippen molar-refractivity contribution < 1.29 is 13.7 Å². The Labute approximate surface area is 75.5 Å². The van der Waals surface area contributed by atoms with E-state index in [2.05, 4.69) is 0 Å². The van der Waals surface area contributed by atoms with Crippen molar-refractivity contribution in [3.8, 4) is 0 Å². The molecule has 1 aromatic heterocycles. The van der Waals surface area contributed by atoms with Gasteiger partial charge in [-0.2, -0.15) is 0 Å². The van der Waals surface area contributed by atoms with E-state index in [1.165, 1.54) is 0 Å². The first-order chi connectivity index (χ1) is 6.43. The molecule has 3 N–H and O–H groups in total. The van der Waals surface area contributed by atoms with Crippen LogP contribution in [0.25, 0.3) is 0 Å². The summed E-state index contributed by atoms with van der Waals surface area (Å²) in [4.78, 5) is 21.8. The van der Waals surface area contributed by atoms with Gasteiger partial charge in [-0.25, -0.2) is 8.78 Å². The zero-order valence-corrected chi connectivity index (χ0v) is 6.66. The summed E-state index contributed by atoms with van der Waals surface area (Å²) in [6, 6.07) is 0.457. The predicted molar refractivity (Wildman–Crippen MR) is 43.1 cm³/mol. The lowest BCUT2D eigenvalue weighted by atomic mass is 10.2. The Morgan fingerprint density at radius 2 is 2.14 bits per heavy atom. The highest BCUT2D eigenvalue weighted by atomic mass is 19.3. The van der Waals surface area contributed by atoms with E-state index in [-0.39, 0.29) is 0 Å². The van der Waals surface area contributed by atoms with Crippen LogP contribution >= 0.6 is 0 Å². The Balaban J connectivity index is 3.52. The molecule has 1 rings (SSSR count). The number of nitrogen functional groups attached to an aromatic ring is 1. The number of anilines is 1. The van der Waals surface area contributed by atoms with Crippen LogP contribution in [0.1, 0.15) is 12.0 Å². The highest BCUT2D eigenvalue weighted by Gasteiger charge is 2.25. The number of nitrogens with one attached hydrogen (secondary N) is 1. The number of nitro groups is 1. The zero-order chi connectivity index (χ0) is 10.9. The molecule has 0 fully saturated rings. The Bertz CT molecular complexity index is 429. The van der Waals surface area contributed by atoms with E-state index in [4.69, 9.17) is 5.73 Å². The van der Waals surface area contributed by atoms with Crippen molar-refractivity contribution in [3.05, 3.63) is 32.1 Å².